The molecule has 0 amide bonds. The smallest absolute Gasteiger partial charge is 0.164 e. The molecule has 0 saturated heterocycles. The number of aromatic nitrogens is 1. The number of phenolic OH excluding ortho intramolecular Hbond substituents is 1. The first-order chi connectivity index (χ1) is 17.9. The minimum absolute atomic E-state index is 0.163. The van der Waals surface area contributed by atoms with E-state index in [-0.39, 0.29) is 23.2 Å². The van der Waals surface area contributed by atoms with Crippen molar-refractivity contribution in [2.75, 3.05) is 27.7 Å². The molecule has 3 atom stereocenters. The third-order valence-corrected chi connectivity index (χ3v) is 9.01. The Morgan fingerprint density at radius 2 is 1.84 bits per heavy atom. The predicted molar refractivity (Wildman–Crippen MR) is 154 cm³/mol. The number of benzene rings is 2. The van der Waals surface area contributed by atoms with Crippen LogP contribution in [0.1, 0.15) is 55.9 Å². The van der Waals surface area contributed by atoms with E-state index in [0.717, 1.165) is 59.2 Å². The standard InChI is InChI=1S/C32H42N2O4/c1-31(2)27-18-23-14-20(16-25(35)30(23)38-32(27,3)12-10-28(31)36)8-9-21-15-24-29(26(17-21)37-7)22(19-34(24)6)11-13-33(4)5/h8-9,14-17,19,27-28,35-36H,10-13,18H2,1-7H3/t27-,28-,32-/m1/s1. The van der Waals surface area contributed by atoms with Crippen molar-refractivity contribution in [1.29, 1.82) is 0 Å². The molecule has 2 aliphatic rings. The van der Waals surface area contributed by atoms with Gasteiger partial charge in [0.15, 0.2) is 11.5 Å². The van der Waals surface area contributed by atoms with Crippen LogP contribution in [0.5, 0.6) is 17.2 Å². The van der Waals surface area contributed by atoms with E-state index >= 15 is 0 Å². The van der Waals surface area contributed by atoms with E-state index in [1.54, 1.807) is 13.2 Å². The van der Waals surface area contributed by atoms with E-state index in [1.165, 1.54) is 5.56 Å². The van der Waals surface area contributed by atoms with E-state index in [4.69, 9.17) is 9.47 Å². The number of aromatic hydroxyl groups is 1. The Hall–Kier alpha value is -2.96. The van der Waals surface area contributed by atoms with Crippen molar-refractivity contribution in [3.8, 4) is 17.2 Å². The topological polar surface area (TPSA) is 67.1 Å². The molecule has 6 heteroatoms. The van der Waals surface area contributed by atoms with Crippen LogP contribution in [0.25, 0.3) is 23.1 Å². The molecular weight excluding hydrogens is 476 g/mol. The van der Waals surface area contributed by atoms with Gasteiger partial charge in [-0.15, -0.1) is 0 Å². The van der Waals surface area contributed by atoms with E-state index in [9.17, 15) is 10.2 Å². The van der Waals surface area contributed by atoms with Gasteiger partial charge in [0.2, 0.25) is 0 Å². The van der Waals surface area contributed by atoms with Crippen LogP contribution in [0.4, 0.5) is 0 Å². The third kappa shape index (κ3) is 4.58. The van der Waals surface area contributed by atoms with Crippen molar-refractivity contribution in [3.63, 3.8) is 0 Å². The van der Waals surface area contributed by atoms with Crippen LogP contribution >= 0.6 is 0 Å². The van der Waals surface area contributed by atoms with Gasteiger partial charge < -0.3 is 29.2 Å². The summed E-state index contributed by atoms with van der Waals surface area (Å²) < 4.78 is 14.5. The molecule has 0 unspecified atom stereocenters. The van der Waals surface area contributed by atoms with Gasteiger partial charge in [0, 0.05) is 31.1 Å². The number of likely N-dealkylation sites (N-methyl/N-ethyl adjacent to an activating group) is 1. The highest BCUT2D eigenvalue weighted by atomic mass is 16.5. The average molecular weight is 519 g/mol. The Labute approximate surface area is 226 Å². The molecule has 1 saturated carbocycles. The lowest BCUT2D eigenvalue weighted by Crippen LogP contribution is -2.58. The molecule has 1 aliphatic heterocycles. The van der Waals surface area contributed by atoms with Crippen LogP contribution in [0, 0.1) is 11.3 Å². The molecule has 0 radical (unpaired) electrons. The molecule has 204 valence electrons. The Kier molecular flexibility index (Phi) is 6.77. The SMILES string of the molecule is COc1cc(C=Cc2cc(O)c3c(c2)C[C@@H]2C(C)(C)[C@H](O)CC[C@@]2(C)O3)cc2c1c(CCN(C)C)cn2C. The fourth-order valence-corrected chi connectivity index (χ4v) is 6.68. The normalized spacial score (nSPS) is 24.4. The Balaban J connectivity index is 1.47. The van der Waals surface area contributed by atoms with E-state index in [1.807, 2.05) is 6.08 Å². The maximum Gasteiger partial charge on any atom is 0.164 e. The quantitative estimate of drug-likeness (QED) is 0.413. The van der Waals surface area contributed by atoms with Gasteiger partial charge in [-0.3, -0.25) is 0 Å². The molecule has 6 nitrogen and oxygen atoms in total. The number of aliphatic hydroxyl groups excluding tert-OH is 1. The summed E-state index contributed by atoms with van der Waals surface area (Å²) in [7, 11) is 7.99. The molecule has 1 aliphatic carbocycles. The van der Waals surface area contributed by atoms with E-state index in [0.29, 0.717) is 12.2 Å². The van der Waals surface area contributed by atoms with E-state index in [2.05, 4.69) is 81.9 Å². The summed E-state index contributed by atoms with van der Waals surface area (Å²) in [5.41, 5.74) is 4.71. The number of aryl methyl sites for hydroxylation is 1. The lowest BCUT2D eigenvalue weighted by molar-refractivity contribution is -0.138. The van der Waals surface area contributed by atoms with Crippen molar-refractivity contribution in [1.82, 2.24) is 9.47 Å². The number of phenols is 1. The number of hydrogen-bond acceptors (Lipinski definition) is 5. The molecule has 3 aromatic rings. The minimum Gasteiger partial charge on any atom is -0.504 e. The maximum atomic E-state index is 10.9. The van der Waals surface area contributed by atoms with Gasteiger partial charge in [0.25, 0.3) is 0 Å². The van der Waals surface area contributed by atoms with Crippen molar-refractivity contribution >= 4 is 23.1 Å². The summed E-state index contributed by atoms with van der Waals surface area (Å²) in [5.74, 6) is 1.79. The molecule has 2 aromatic carbocycles. The van der Waals surface area contributed by atoms with Gasteiger partial charge in [0.1, 0.15) is 11.4 Å². The molecule has 0 spiro atoms. The summed E-state index contributed by atoms with van der Waals surface area (Å²) in [5, 5.41) is 22.8. The van der Waals surface area contributed by atoms with Gasteiger partial charge in [-0.05, 0) is 98.6 Å². The Bertz CT molecular complexity index is 1390. The van der Waals surface area contributed by atoms with Crippen molar-refractivity contribution in [3.05, 3.63) is 52.7 Å². The number of ether oxygens (including phenoxy) is 2. The second-order valence-corrected chi connectivity index (χ2v) is 12.3. The number of fused-ring (bicyclic) bond motifs is 3. The number of methoxy groups -OCH3 is 1. The summed E-state index contributed by atoms with van der Waals surface area (Å²) in [4.78, 5) is 2.19. The first-order valence-electron chi connectivity index (χ1n) is 13.6. The first kappa shape index (κ1) is 26.6. The van der Waals surface area contributed by atoms with Crippen LogP contribution in [0.2, 0.25) is 0 Å². The van der Waals surface area contributed by atoms with Gasteiger partial charge in [-0.25, -0.2) is 0 Å². The molecule has 0 bridgehead atoms. The molecule has 1 fully saturated rings. The fraction of sp³-hybridized carbons (Fsp3) is 0.500. The highest BCUT2D eigenvalue weighted by molar-refractivity contribution is 5.93. The highest BCUT2D eigenvalue weighted by Gasteiger charge is 2.54. The summed E-state index contributed by atoms with van der Waals surface area (Å²) in [6.45, 7) is 7.37. The fourth-order valence-electron chi connectivity index (χ4n) is 6.68. The number of hydrogen-bond donors (Lipinski definition) is 2. The second-order valence-electron chi connectivity index (χ2n) is 12.3. The molecule has 2 N–H and O–H groups in total. The maximum absolute atomic E-state index is 10.9. The highest BCUT2D eigenvalue weighted by Crippen LogP contribution is 2.54. The summed E-state index contributed by atoms with van der Waals surface area (Å²) in [6, 6.07) is 8.16. The van der Waals surface area contributed by atoms with Crippen molar-refractivity contribution < 1.29 is 19.7 Å². The van der Waals surface area contributed by atoms with Gasteiger partial charge in [-0.1, -0.05) is 26.0 Å². The summed E-state index contributed by atoms with van der Waals surface area (Å²) in [6.07, 6.45) is 9.16. The van der Waals surface area contributed by atoms with Crippen molar-refractivity contribution in [2.45, 2.75) is 58.2 Å². The van der Waals surface area contributed by atoms with Crippen LogP contribution in [-0.4, -0.2) is 59.1 Å². The van der Waals surface area contributed by atoms with E-state index < -0.39 is 5.60 Å². The largest absolute Gasteiger partial charge is 0.504 e. The average Bonchev–Trinajstić information content (AvgIpc) is 3.19. The number of nitrogens with zero attached hydrogens (tertiary/aromatic N) is 2. The van der Waals surface area contributed by atoms with Crippen LogP contribution in [-0.2, 0) is 19.9 Å². The Morgan fingerprint density at radius 1 is 1.13 bits per heavy atom. The summed E-state index contributed by atoms with van der Waals surface area (Å²) >= 11 is 0. The first-order valence-corrected chi connectivity index (χ1v) is 13.6. The third-order valence-electron chi connectivity index (χ3n) is 9.01. The van der Waals surface area contributed by atoms with Crippen LogP contribution in [0.15, 0.2) is 30.5 Å². The number of rotatable bonds is 6. The van der Waals surface area contributed by atoms with Crippen LogP contribution < -0.4 is 9.47 Å². The monoisotopic (exact) mass is 518 g/mol. The van der Waals surface area contributed by atoms with Crippen LogP contribution in [0.3, 0.4) is 0 Å². The zero-order valence-corrected chi connectivity index (χ0v) is 23.8. The van der Waals surface area contributed by atoms with Crippen molar-refractivity contribution in [2.24, 2.45) is 18.4 Å². The van der Waals surface area contributed by atoms with Gasteiger partial charge in [-0.2, -0.15) is 0 Å². The lowest BCUT2D eigenvalue weighted by Gasteiger charge is -2.55. The van der Waals surface area contributed by atoms with Gasteiger partial charge >= 0.3 is 0 Å². The lowest BCUT2D eigenvalue weighted by atomic mass is 9.57. The molecule has 5 rings (SSSR count). The minimum atomic E-state index is -0.392. The second kappa shape index (κ2) is 9.65. The van der Waals surface area contributed by atoms with Gasteiger partial charge in [0.05, 0.1) is 18.7 Å². The molecular formula is C32H42N2O4. The zero-order valence-electron chi connectivity index (χ0n) is 23.8. The predicted octanol–water partition coefficient (Wildman–Crippen LogP) is 5.66. The molecule has 1 aromatic heterocycles. The molecule has 38 heavy (non-hydrogen) atoms. The molecule has 2 heterocycles. The zero-order chi connectivity index (χ0) is 27.4. The number of aliphatic hydroxyl groups is 1. The Morgan fingerprint density at radius 3 is 2.53 bits per heavy atom.